The monoisotopic (exact) mass is 228 g/mol. The van der Waals surface area contributed by atoms with E-state index in [1.54, 1.807) is 0 Å². The Hall–Kier alpha value is -0.460. The van der Waals surface area contributed by atoms with E-state index >= 15 is 0 Å². The van der Waals surface area contributed by atoms with Crippen LogP contribution < -0.4 is 0 Å². The minimum absolute atomic E-state index is 0.0655. The molecule has 0 atom stereocenters. The standard InChI is InChI=1S/C12H14Cl2/c1-4-7-12(2,3)9-5-6-10(13)11(14)8-9/h4-6,8H,1,7H2,2-3H3. The van der Waals surface area contributed by atoms with E-state index in [9.17, 15) is 0 Å². The summed E-state index contributed by atoms with van der Waals surface area (Å²) in [6, 6.07) is 5.77. The van der Waals surface area contributed by atoms with Gasteiger partial charge in [-0.1, -0.05) is 49.2 Å². The molecular formula is C12H14Cl2. The Labute approximate surface area is 95.5 Å². The lowest BCUT2D eigenvalue weighted by Gasteiger charge is -2.23. The molecule has 0 aliphatic carbocycles. The summed E-state index contributed by atoms with van der Waals surface area (Å²) < 4.78 is 0. The van der Waals surface area contributed by atoms with Crippen molar-refractivity contribution in [2.24, 2.45) is 0 Å². The van der Waals surface area contributed by atoms with E-state index < -0.39 is 0 Å². The second-order valence-electron chi connectivity index (χ2n) is 4.01. The highest BCUT2D eigenvalue weighted by Gasteiger charge is 2.19. The van der Waals surface area contributed by atoms with Crippen LogP contribution in [-0.2, 0) is 5.41 Å². The minimum atomic E-state index is 0.0655. The normalized spacial score (nSPS) is 11.4. The Bertz CT molecular complexity index is 340. The van der Waals surface area contributed by atoms with Gasteiger partial charge in [-0.2, -0.15) is 0 Å². The number of hydrogen-bond donors (Lipinski definition) is 0. The molecule has 0 N–H and O–H groups in total. The van der Waals surface area contributed by atoms with Crippen LogP contribution in [0.25, 0.3) is 0 Å². The Morgan fingerprint density at radius 2 is 1.93 bits per heavy atom. The SMILES string of the molecule is C=CCC(C)(C)c1ccc(Cl)c(Cl)c1. The van der Waals surface area contributed by atoms with Crippen molar-refractivity contribution in [2.75, 3.05) is 0 Å². The lowest BCUT2D eigenvalue weighted by atomic mass is 9.82. The first-order valence-corrected chi connectivity index (χ1v) is 5.29. The summed E-state index contributed by atoms with van der Waals surface area (Å²) in [6.07, 6.45) is 2.84. The first kappa shape index (κ1) is 11.6. The maximum atomic E-state index is 5.96. The topological polar surface area (TPSA) is 0 Å². The Kier molecular flexibility index (Phi) is 3.63. The predicted octanol–water partition coefficient (Wildman–Crippen LogP) is 4.85. The Balaban J connectivity index is 3.07. The van der Waals surface area contributed by atoms with E-state index in [2.05, 4.69) is 20.4 Å². The van der Waals surface area contributed by atoms with Gasteiger partial charge in [0.05, 0.1) is 10.0 Å². The van der Waals surface area contributed by atoms with E-state index in [4.69, 9.17) is 23.2 Å². The molecule has 76 valence electrons. The molecule has 0 saturated carbocycles. The average Bonchev–Trinajstić information content (AvgIpc) is 2.09. The van der Waals surface area contributed by atoms with Gasteiger partial charge in [0.15, 0.2) is 0 Å². The summed E-state index contributed by atoms with van der Waals surface area (Å²) >= 11 is 11.8. The van der Waals surface area contributed by atoms with Gasteiger partial charge < -0.3 is 0 Å². The van der Waals surface area contributed by atoms with Gasteiger partial charge in [0, 0.05) is 0 Å². The van der Waals surface area contributed by atoms with Crippen molar-refractivity contribution in [3.8, 4) is 0 Å². The molecule has 0 nitrogen and oxygen atoms in total. The van der Waals surface area contributed by atoms with Gasteiger partial charge >= 0.3 is 0 Å². The van der Waals surface area contributed by atoms with E-state index in [-0.39, 0.29) is 5.41 Å². The maximum Gasteiger partial charge on any atom is 0.0595 e. The average molecular weight is 229 g/mol. The smallest absolute Gasteiger partial charge is 0.0595 e. The molecule has 0 aliphatic rings. The third-order valence-corrected chi connectivity index (χ3v) is 3.09. The van der Waals surface area contributed by atoms with Crippen molar-refractivity contribution in [1.82, 2.24) is 0 Å². The Morgan fingerprint density at radius 3 is 2.43 bits per heavy atom. The number of rotatable bonds is 3. The summed E-state index contributed by atoms with van der Waals surface area (Å²) in [5.74, 6) is 0. The van der Waals surface area contributed by atoms with Crippen LogP contribution in [0.3, 0.4) is 0 Å². The van der Waals surface area contributed by atoms with Crippen LogP contribution >= 0.6 is 23.2 Å². The van der Waals surface area contributed by atoms with Gasteiger partial charge in [0.1, 0.15) is 0 Å². The van der Waals surface area contributed by atoms with Crippen LogP contribution in [0.1, 0.15) is 25.8 Å². The van der Waals surface area contributed by atoms with Crippen LogP contribution in [0.2, 0.25) is 10.0 Å². The number of halogens is 2. The van der Waals surface area contributed by atoms with Crippen LogP contribution in [0.4, 0.5) is 0 Å². The summed E-state index contributed by atoms with van der Waals surface area (Å²) in [5.41, 5.74) is 1.25. The number of allylic oxidation sites excluding steroid dienone is 1. The summed E-state index contributed by atoms with van der Waals surface area (Å²) in [4.78, 5) is 0. The summed E-state index contributed by atoms with van der Waals surface area (Å²) in [6.45, 7) is 8.07. The number of hydrogen-bond acceptors (Lipinski definition) is 0. The van der Waals surface area contributed by atoms with Crippen molar-refractivity contribution in [1.29, 1.82) is 0 Å². The van der Waals surface area contributed by atoms with Crippen LogP contribution in [0.15, 0.2) is 30.9 Å². The molecule has 0 spiro atoms. The molecule has 0 fully saturated rings. The summed E-state index contributed by atoms with van der Waals surface area (Å²) in [5, 5.41) is 1.21. The highest BCUT2D eigenvalue weighted by atomic mass is 35.5. The second kappa shape index (κ2) is 4.37. The fourth-order valence-electron chi connectivity index (χ4n) is 1.40. The van der Waals surface area contributed by atoms with Crippen LogP contribution in [0, 0.1) is 0 Å². The number of benzene rings is 1. The highest BCUT2D eigenvalue weighted by molar-refractivity contribution is 6.42. The predicted molar refractivity (Wildman–Crippen MR) is 64.3 cm³/mol. The molecule has 2 heteroatoms. The first-order valence-electron chi connectivity index (χ1n) is 4.54. The molecule has 0 amide bonds. The van der Waals surface area contributed by atoms with Crippen molar-refractivity contribution in [3.63, 3.8) is 0 Å². The van der Waals surface area contributed by atoms with Gasteiger partial charge in [-0.15, -0.1) is 6.58 Å². The zero-order valence-electron chi connectivity index (χ0n) is 8.48. The minimum Gasteiger partial charge on any atom is -0.103 e. The molecule has 0 aromatic heterocycles. The van der Waals surface area contributed by atoms with Gasteiger partial charge in [0.25, 0.3) is 0 Å². The molecule has 0 bridgehead atoms. The van der Waals surface area contributed by atoms with E-state index in [0.29, 0.717) is 10.0 Å². The van der Waals surface area contributed by atoms with Gasteiger partial charge in [0.2, 0.25) is 0 Å². The molecule has 0 heterocycles. The fraction of sp³-hybridized carbons (Fsp3) is 0.333. The third-order valence-electron chi connectivity index (χ3n) is 2.36. The molecule has 1 aromatic rings. The molecular weight excluding hydrogens is 215 g/mol. The summed E-state index contributed by atoms with van der Waals surface area (Å²) in [7, 11) is 0. The van der Waals surface area contributed by atoms with E-state index in [1.165, 1.54) is 5.56 Å². The molecule has 0 saturated heterocycles. The molecule has 1 rings (SSSR count). The molecule has 14 heavy (non-hydrogen) atoms. The molecule has 0 aliphatic heterocycles. The quantitative estimate of drug-likeness (QED) is 0.650. The van der Waals surface area contributed by atoms with Crippen molar-refractivity contribution in [3.05, 3.63) is 46.5 Å². The van der Waals surface area contributed by atoms with Crippen molar-refractivity contribution in [2.45, 2.75) is 25.7 Å². The second-order valence-corrected chi connectivity index (χ2v) is 4.82. The van der Waals surface area contributed by atoms with Gasteiger partial charge in [-0.3, -0.25) is 0 Å². The molecule has 0 radical (unpaired) electrons. The molecule has 0 unspecified atom stereocenters. The van der Waals surface area contributed by atoms with Crippen LogP contribution in [-0.4, -0.2) is 0 Å². The largest absolute Gasteiger partial charge is 0.103 e. The lowest BCUT2D eigenvalue weighted by molar-refractivity contribution is 0.534. The van der Waals surface area contributed by atoms with E-state index in [0.717, 1.165) is 6.42 Å². The van der Waals surface area contributed by atoms with Gasteiger partial charge in [-0.25, -0.2) is 0 Å². The Morgan fingerprint density at radius 1 is 1.29 bits per heavy atom. The van der Waals surface area contributed by atoms with Gasteiger partial charge in [-0.05, 0) is 29.5 Å². The highest BCUT2D eigenvalue weighted by Crippen LogP contribution is 2.32. The lowest BCUT2D eigenvalue weighted by Crippen LogP contribution is -2.15. The van der Waals surface area contributed by atoms with Crippen molar-refractivity contribution >= 4 is 23.2 Å². The maximum absolute atomic E-state index is 5.96. The van der Waals surface area contributed by atoms with Crippen LogP contribution in [0.5, 0.6) is 0 Å². The fourth-order valence-corrected chi connectivity index (χ4v) is 1.69. The van der Waals surface area contributed by atoms with E-state index in [1.807, 2.05) is 24.3 Å². The first-order chi connectivity index (χ1) is 6.47. The zero-order valence-corrected chi connectivity index (χ0v) is 9.99. The third kappa shape index (κ3) is 2.52. The van der Waals surface area contributed by atoms with Crippen molar-refractivity contribution < 1.29 is 0 Å². The molecule has 1 aromatic carbocycles. The zero-order chi connectivity index (χ0) is 10.8.